The maximum atomic E-state index is 12.7. The highest BCUT2D eigenvalue weighted by molar-refractivity contribution is 6.05. The average molecular weight is 369 g/mol. The molecule has 1 amide bonds. The second-order valence-corrected chi connectivity index (χ2v) is 7.59. The Hall–Kier alpha value is -2.34. The summed E-state index contributed by atoms with van der Waals surface area (Å²) in [5, 5.41) is 0.927. The molecule has 4 rings (SSSR count). The third-order valence-corrected chi connectivity index (χ3v) is 5.95. The number of nitrogens with one attached hydrogen (secondary N) is 1. The van der Waals surface area contributed by atoms with Crippen molar-refractivity contribution < 1.29 is 14.3 Å². The molecule has 1 aromatic heterocycles. The van der Waals surface area contributed by atoms with Gasteiger partial charge >= 0.3 is 5.97 Å². The molecule has 144 valence electrons. The van der Waals surface area contributed by atoms with E-state index in [1.807, 2.05) is 30.0 Å². The normalized spacial score (nSPS) is 20.5. The Balaban J connectivity index is 1.64. The number of carbonyl (C=O) groups is 2. The molecule has 27 heavy (non-hydrogen) atoms. The molecular formula is C21H27N3O3. The minimum atomic E-state index is -0.476. The monoisotopic (exact) mass is 369 g/mol. The number of aromatic amines is 1. The lowest BCUT2D eigenvalue weighted by molar-refractivity contribution is -0.132. The number of aromatic nitrogens is 1. The third-order valence-electron chi connectivity index (χ3n) is 5.95. The molecule has 3 N–H and O–H groups in total. The van der Waals surface area contributed by atoms with Crippen LogP contribution in [0.15, 0.2) is 18.2 Å². The molecule has 1 saturated heterocycles. The molecule has 1 aliphatic heterocycles. The molecule has 6 heteroatoms. The highest BCUT2D eigenvalue weighted by Crippen LogP contribution is 2.35. The van der Waals surface area contributed by atoms with Crippen LogP contribution in [-0.2, 0) is 22.4 Å². The van der Waals surface area contributed by atoms with Gasteiger partial charge in [0, 0.05) is 29.7 Å². The van der Waals surface area contributed by atoms with Crippen LogP contribution in [0.4, 0.5) is 0 Å². The summed E-state index contributed by atoms with van der Waals surface area (Å²) >= 11 is 0. The minimum absolute atomic E-state index is 0.0754. The van der Waals surface area contributed by atoms with E-state index in [9.17, 15) is 9.59 Å². The van der Waals surface area contributed by atoms with Crippen LogP contribution in [0.5, 0.6) is 0 Å². The Kier molecular flexibility index (Phi) is 4.91. The van der Waals surface area contributed by atoms with Crippen LogP contribution in [0.25, 0.3) is 10.9 Å². The number of H-pyrrole nitrogens is 1. The first kappa shape index (κ1) is 18.0. The molecule has 0 spiro atoms. The van der Waals surface area contributed by atoms with Gasteiger partial charge in [-0.2, -0.15) is 0 Å². The number of nitrogens with zero attached hydrogens (tertiary/aromatic N) is 1. The predicted molar refractivity (Wildman–Crippen MR) is 104 cm³/mol. The van der Waals surface area contributed by atoms with E-state index < -0.39 is 6.04 Å². The van der Waals surface area contributed by atoms with E-state index in [1.165, 1.54) is 0 Å². The molecular weight excluding hydrogens is 342 g/mol. The molecule has 1 aliphatic carbocycles. The summed E-state index contributed by atoms with van der Waals surface area (Å²) in [6.07, 6.45) is 4.58. The van der Waals surface area contributed by atoms with Crippen molar-refractivity contribution in [1.82, 2.24) is 9.88 Å². The minimum Gasteiger partial charge on any atom is -0.462 e. The Morgan fingerprint density at radius 3 is 2.85 bits per heavy atom. The summed E-state index contributed by atoms with van der Waals surface area (Å²) in [6.45, 7) is 3.80. The van der Waals surface area contributed by atoms with Crippen LogP contribution < -0.4 is 5.73 Å². The zero-order valence-corrected chi connectivity index (χ0v) is 15.8. The average Bonchev–Trinajstić information content (AvgIpc) is 3.34. The molecule has 6 nitrogen and oxygen atoms in total. The van der Waals surface area contributed by atoms with E-state index in [0.717, 1.165) is 60.9 Å². The maximum Gasteiger partial charge on any atom is 0.338 e. The van der Waals surface area contributed by atoms with Gasteiger partial charge in [0.05, 0.1) is 18.2 Å². The second-order valence-electron chi connectivity index (χ2n) is 7.59. The van der Waals surface area contributed by atoms with E-state index in [2.05, 4.69) is 4.98 Å². The van der Waals surface area contributed by atoms with Gasteiger partial charge in [0.1, 0.15) is 0 Å². The number of hydrogen-bond acceptors (Lipinski definition) is 4. The van der Waals surface area contributed by atoms with Gasteiger partial charge in [-0.25, -0.2) is 4.79 Å². The second kappa shape index (κ2) is 7.35. The number of likely N-dealkylation sites (tertiary alicyclic amines) is 1. The molecule has 0 saturated carbocycles. The van der Waals surface area contributed by atoms with Crippen LogP contribution >= 0.6 is 0 Å². The molecule has 0 radical (unpaired) electrons. The first-order valence-electron chi connectivity index (χ1n) is 9.94. The maximum absolute atomic E-state index is 12.7. The molecule has 1 unspecified atom stereocenters. The van der Waals surface area contributed by atoms with Crippen LogP contribution in [0, 0.1) is 5.92 Å². The fourth-order valence-corrected chi connectivity index (χ4v) is 4.54. The van der Waals surface area contributed by atoms with Crippen LogP contribution in [0.1, 0.15) is 47.8 Å². The largest absolute Gasteiger partial charge is 0.462 e. The van der Waals surface area contributed by atoms with E-state index in [0.29, 0.717) is 18.6 Å². The summed E-state index contributed by atoms with van der Waals surface area (Å²) in [5.41, 5.74) is 10.2. The van der Waals surface area contributed by atoms with Crippen molar-refractivity contribution in [2.45, 2.75) is 45.1 Å². The quantitative estimate of drug-likeness (QED) is 0.810. The molecule has 1 fully saturated rings. The first-order chi connectivity index (χ1) is 13.1. The number of ether oxygens (including phenoxy) is 1. The summed E-state index contributed by atoms with van der Waals surface area (Å²) in [4.78, 5) is 30.5. The highest BCUT2D eigenvalue weighted by Gasteiger charge is 2.34. The van der Waals surface area contributed by atoms with Crippen molar-refractivity contribution in [2.75, 3.05) is 19.7 Å². The van der Waals surface area contributed by atoms with Gasteiger partial charge < -0.3 is 20.4 Å². The number of carbonyl (C=O) groups excluding carboxylic acids is 2. The van der Waals surface area contributed by atoms with Crippen molar-refractivity contribution >= 4 is 22.8 Å². The first-order valence-corrected chi connectivity index (χ1v) is 9.94. The molecule has 1 aromatic carbocycles. The number of fused-ring (bicyclic) bond motifs is 3. The van der Waals surface area contributed by atoms with Gasteiger partial charge in [0.2, 0.25) is 5.91 Å². The van der Waals surface area contributed by atoms with Crippen LogP contribution in [0.3, 0.4) is 0 Å². The number of amides is 1. The lowest BCUT2D eigenvalue weighted by atomic mass is 9.81. The molecule has 2 atom stereocenters. The topological polar surface area (TPSA) is 88.4 Å². The Morgan fingerprint density at radius 1 is 1.33 bits per heavy atom. The van der Waals surface area contributed by atoms with Gasteiger partial charge in [0.15, 0.2) is 0 Å². The zero-order chi connectivity index (χ0) is 19.0. The van der Waals surface area contributed by atoms with Crippen molar-refractivity contribution in [3.8, 4) is 0 Å². The number of benzene rings is 1. The Labute approximate surface area is 159 Å². The molecule has 0 bridgehead atoms. The third kappa shape index (κ3) is 3.23. The summed E-state index contributed by atoms with van der Waals surface area (Å²) in [5.74, 6) is -0.129. The van der Waals surface area contributed by atoms with Crippen molar-refractivity contribution in [3.05, 3.63) is 35.0 Å². The molecule has 2 aromatic rings. The van der Waals surface area contributed by atoms with Gasteiger partial charge in [0.25, 0.3) is 0 Å². The van der Waals surface area contributed by atoms with Gasteiger partial charge in [-0.05, 0) is 62.6 Å². The molecule has 2 aliphatic rings. The number of esters is 1. The highest BCUT2D eigenvalue weighted by atomic mass is 16.5. The Bertz CT molecular complexity index is 867. The number of rotatable bonds is 4. The number of nitrogens with two attached hydrogens (primary N) is 1. The lowest BCUT2D eigenvalue weighted by Gasteiger charge is -2.30. The molecule has 2 heterocycles. The van der Waals surface area contributed by atoms with Crippen molar-refractivity contribution in [1.29, 1.82) is 0 Å². The fourth-order valence-electron chi connectivity index (χ4n) is 4.54. The summed E-state index contributed by atoms with van der Waals surface area (Å²) < 4.78 is 5.24. The fraction of sp³-hybridized carbons (Fsp3) is 0.524. The standard InChI is InChI=1S/C21H27N3O3/c1-2-27-21(26)14-6-5-7-17-18(14)15-12-13(8-9-16(15)23-17)19(22)20(25)24-10-3-4-11-24/h5-7,13,19,23H,2-4,8-12,22H2,1H3/t13?,19-/m0/s1. The zero-order valence-electron chi connectivity index (χ0n) is 15.8. The van der Waals surface area contributed by atoms with Gasteiger partial charge in [-0.1, -0.05) is 6.07 Å². The van der Waals surface area contributed by atoms with E-state index in [1.54, 1.807) is 0 Å². The van der Waals surface area contributed by atoms with E-state index >= 15 is 0 Å². The van der Waals surface area contributed by atoms with E-state index in [4.69, 9.17) is 10.5 Å². The number of hydrogen-bond donors (Lipinski definition) is 2. The van der Waals surface area contributed by atoms with Crippen LogP contribution in [0.2, 0.25) is 0 Å². The SMILES string of the molecule is CCOC(=O)c1cccc2[nH]c3c(c12)CC([C@H](N)C(=O)N1CCCC1)CC3. The van der Waals surface area contributed by atoms with Crippen LogP contribution in [-0.4, -0.2) is 47.5 Å². The predicted octanol–water partition coefficient (Wildman–Crippen LogP) is 2.40. The van der Waals surface area contributed by atoms with E-state index in [-0.39, 0.29) is 17.8 Å². The number of aryl methyl sites for hydroxylation is 1. The lowest BCUT2D eigenvalue weighted by Crippen LogP contribution is -2.48. The van der Waals surface area contributed by atoms with Crippen molar-refractivity contribution in [3.63, 3.8) is 0 Å². The summed E-state index contributed by atoms with van der Waals surface area (Å²) in [6, 6.07) is 5.20. The smallest absolute Gasteiger partial charge is 0.338 e. The van der Waals surface area contributed by atoms with Gasteiger partial charge in [-0.3, -0.25) is 4.79 Å². The Morgan fingerprint density at radius 2 is 2.11 bits per heavy atom. The van der Waals surface area contributed by atoms with Crippen molar-refractivity contribution in [2.24, 2.45) is 11.7 Å². The van der Waals surface area contributed by atoms with Gasteiger partial charge in [-0.15, -0.1) is 0 Å². The summed E-state index contributed by atoms with van der Waals surface area (Å²) in [7, 11) is 0.